The van der Waals surface area contributed by atoms with Gasteiger partial charge in [-0.15, -0.1) is 0 Å². The van der Waals surface area contributed by atoms with E-state index in [-0.39, 0.29) is 5.91 Å². The van der Waals surface area contributed by atoms with Crippen molar-refractivity contribution in [3.63, 3.8) is 0 Å². The first-order chi connectivity index (χ1) is 13.7. The van der Waals surface area contributed by atoms with Crippen molar-refractivity contribution < 1.29 is 9.53 Å². The summed E-state index contributed by atoms with van der Waals surface area (Å²) < 4.78 is 5.81. The van der Waals surface area contributed by atoms with Crippen LogP contribution in [0.3, 0.4) is 0 Å². The number of benzene rings is 3. The maximum atomic E-state index is 12.1. The van der Waals surface area contributed by atoms with Crippen molar-refractivity contribution >= 4 is 29.4 Å². The molecule has 0 radical (unpaired) electrons. The SMILES string of the molecule is N#CSc1ccc(NC(=O)/C=C/c2cccc(OCc3ccccc3)c2)cc1. The van der Waals surface area contributed by atoms with Crippen LogP contribution in [0.15, 0.2) is 89.8 Å². The van der Waals surface area contributed by atoms with E-state index in [0.717, 1.165) is 33.5 Å². The Morgan fingerprint density at radius 1 is 1.04 bits per heavy atom. The molecule has 0 aliphatic carbocycles. The molecular formula is C23H18N2O2S. The molecule has 0 atom stereocenters. The van der Waals surface area contributed by atoms with Crippen LogP contribution >= 0.6 is 11.8 Å². The molecule has 0 aliphatic heterocycles. The second-order valence-corrected chi connectivity index (χ2v) is 6.75. The summed E-state index contributed by atoms with van der Waals surface area (Å²) in [7, 11) is 0. The highest BCUT2D eigenvalue weighted by Crippen LogP contribution is 2.19. The fourth-order valence-corrected chi connectivity index (χ4v) is 2.84. The summed E-state index contributed by atoms with van der Waals surface area (Å²) in [6, 6.07) is 24.7. The lowest BCUT2D eigenvalue weighted by Crippen LogP contribution is -2.07. The van der Waals surface area contributed by atoms with Crippen molar-refractivity contribution in [1.29, 1.82) is 5.26 Å². The lowest BCUT2D eigenvalue weighted by atomic mass is 10.2. The van der Waals surface area contributed by atoms with Gasteiger partial charge < -0.3 is 10.1 Å². The minimum absolute atomic E-state index is 0.226. The van der Waals surface area contributed by atoms with Crippen molar-refractivity contribution in [3.8, 4) is 11.2 Å². The van der Waals surface area contributed by atoms with Crippen LogP contribution in [0.5, 0.6) is 5.75 Å². The van der Waals surface area contributed by atoms with Gasteiger partial charge in [0.2, 0.25) is 5.91 Å². The Hall–Kier alpha value is -3.49. The summed E-state index contributed by atoms with van der Waals surface area (Å²) in [5.74, 6) is 0.522. The van der Waals surface area contributed by atoms with Gasteiger partial charge in [-0.25, -0.2) is 0 Å². The Morgan fingerprint density at radius 2 is 1.82 bits per heavy atom. The average Bonchev–Trinajstić information content (AvgIpc) is 2.73. The zero-order valence-corrected chi connectivity index (χ0v) is 15.9. The van der Waals surface area contributed by atoms with Crippen LogP contribution in [0.4, 0.5) is 5.69 Å². The number of nitriles is 1. The zero-order chi connectivity index (χ0) is 19.6. The number of thiocyanates is 1. The van der Waals surface area contributed by atoms with E-state index in [2.05, 4.69) is 5.32 Å². The molecule has 0 heterocycles. The van der Waals surface area contributed by atoms with E-state index in [4.69, 9.17) is 10.00 Å². The van der Waals surface area contributed by atoms with E-state index in [9.17, 15) is 4.79 Å². The largest absolute Gasteiger partial charge is 0.489 e. The van der Waals surface area contributed by atoms with Gasteiger partial charge in [0.05, 0.1) is 0 Å². The minimum atomic E-state index is -0.226. The third-order valence-electron chi connectivity index (χ3n) is 3.82. The zero-order valence-electron chi connectivity index (χ0n) is 15.0. The van der Waals surface area contributed by atoms with Gasteiger partial charge in [-0.3, -0.25) is 4.79 Å². The summed E-state index contributed by atoms with van der Waals surface area (Å²) in [5, 5.41) is 13.5. The van der Waals surface area contributed by atoms with Crippen LogP contribution in [0.25, 0.3) is 6.08 Å². The van der Waals surface area contributed by atoms with E-state index in [1.165, 1.54) is 6.08 Å². The van der Waals surface area contributed by atoms with Gasteiger partial charge in [-0.1, -0.05) is 42.5 Å². The number of rotatable bonds is 7. The normalized spacial score (nSPS) is 10.4. The molecule has 1 N–H and O–H groups in total. The quantitative estimate of drug-likeness (QED) is 0.331. The predicted octanol–water partition coefficient (Wildman–Crippen LogP) is 5.49. The molecule has 0 bridgehead atoms. The number of hydrogen-bond acceptors (Lipinski definition) is 4. The molecule has 1 amide bonds. The smallest absolute Gasteiger partial charge is 0.248 e. The number of nitrogens with zero attached hydrogens (tertiary/aromatic N) is 1. The molecule has 0 unspecified atom stereocenters. The Morgan fingerprint density at radius 3 is 2.57 bits per heavy atom. The molecule has 0 aliphatic rings. The number of ether oxygens (including phenoxy) is 1. The van der Waals surface area contributed by atoms with Gasteiger partial charge in [0.25, 0.3) is 0 Å². The molecule has 5 heteroatoms. The number of amides is 1. The van der Waals surface area contributed by atoms with Crippen LogP contribution in [-0.4, -0.2) is 5.91 Å². The van der Waals surface area contributed by atoms with E-state index >= 15 is 0 Å². The maximum absolute atomic E-state index is 12.1. The van der Waals surface area contributed by atoms with Crippen LogP contribution in [-0.2, 0) is 11.4 Å². The molecule has 0 saturated heterocycles. The van der Waals surface area contributed by atoms with Crippen molar-refractivity contribution in [2.24, 2.45) is 0 Å². The van der Waals surface area contributed by atoms with Gasteiger partial charge in [0, 0.05) is 16.7 Å². The first-order valence-electron chi connectivity index (χ1n) is 8.65. The summed E-state index contributed by atoms with van der Waals surface area (Å²) >= 11 is 1.08. The van der Waals surface area contributed by atoms with Crippen LogP contribution in [0.2, 0.25) is 0 Å². The monoisotopic (exact) mass is 386 g/mol. The second kappa shape index (κ2) is 10.0. The molecule has 28 heavy (non-hydrogen) atoms. The van der Waals surface area contributed by atoms with E-state index in [0.29, 0.717) is 12.3 Å². The van der Waals surface area contributed by atoms with Crippen LogP contribution in [0, 0.1) is 10.7 Å². The molecule has 0 saturated carbocycles. The Labute approximate surface area is 168 Å². The molecule has 3 rings (SSSR count). The van der Waals surface area contributed by atoms with Crippen molar-refractivity contribution in [2.45, 2.75) is 11.5 Å². The molecular weight excluding hydrogens is 368 g/mol. The van der Waals surface area contributed by atoms with Gasteiger partial charge in [0.15, 0.2) is 0 Å². The van der Waals surface area contributed by atoms with Gasteiger partial charge in [-0.05, 0) is 65.4 Å². The molecule has 138 valence electrons. The standard InChI is InChI=1S/C23H18N2O2S/c24-17-28-22-12-10-20(11-13-22)25-23(26)14-9-18-7-4-8-21(15-18)27-16-19-5-2-1-3-6-19/h1-15H,16H2,(H,25,26)/b14-9+. The van der Waals surface area contributed by atoms with Crippen molar-refractivity contribution in [3.05, 3.63) is 96.1 Å². The molecule has 3 aromatic rings. The summed E-state index contributed by atoms with van der Waals surface area (Å²) in [6.45, 7) is 0.495. The van der Waals surface area contributed by atoms with Gasteiger partial charge >= 0.3 is 0 Å². The van der Waals surface area contributed by atoms with Gasteiger partial charge in [-0.2, -0.15) is 5.26 Å². The summed E-state index contributed by atoms with van der Waals surface area (Å²) in [6.07, 6.45) is 3.22. The number of hydrogen-bond donors (Lipinski definition) is 1. The minimum Gasteiger partial charge on any atom is -0.489 e. The first kappa shape index (κ1) is 19.3. The Kier molecular flexibility index (Phi) is 6.89. The number of thioether (sulfide) groups is 1. The fraction of sp³-hybridized carbons (Fsp3) is 0.0435. The second-order valence-electron chi connectivity index (χ2n) is 5.89. The topological polar surface area (TPSA) is 62.1 Å². The number of carbonyl (C=O) groups is 1. The van der Waals surface area contributed by atoms with E-state index in [1.54, 1.807) is 30.3 Å². The van der Waals surface area contributed by atoms with Crippen LogP contribution in [0.1, 0.15) is 11.1 Å². The molecule has 0 fully saturated rings. The first-order valence-corrected chi connectivity index (χ1v) is 9.46. The molecule has 4 nitrogen and oxygen atoms in total. The van der Waals surface area contributed by atoms with E-state index in [1.807, 2.05) is 60.0 Å². The highest BCUT2D eigenvalue weighted by Gasteiger charge is 2.00. The molecule has 0 aromatic heterocycles. The lowest BCUT2D eigenvalue weighted by Gasteiger charge is -2.07. The van der Waals surface area contributed by atoms with Crippen molar-refractivity contribution in [1.82, 2.24) is 0 Å². The fourth-order valence-electron chi connectivity index (χ4n) is 2.46. The maximum Gasteiger partial charge on any atom is 0.248 e. The molecule has 0 spiro atoms. The predicted molar refractivity (Wildman–Crippen MR) is 113 cm³/mol. The third-order valence-corrected chi connectivity index (χ3v) is 4.42. The summed E-state index contributed by atoms with van der Waals surface area (Å²) in [4.78, 5) is 12.9. The average molecular weight is 386 g/mol. The highest BCUT2D eigenvalue weighted by molar-refractivity contribution is 8.03. The van der Waals surface area contributed by atoms with E-state index < -0.39 is 0 Å². The third kappa shape index (κ3) is 6.04. The number of carbonyl (C=O) groups excluding carboxylic acids is 1. The van der Waals surface area contributed by atoms with Crippen molar-refractivity contribution in [2.75, 3.05) is 5.32 Å². The lowest BCUT2D eigenvalue weighted by molar-refractivity contribution is -0.111. The summed E-state index contributed by atoms with van der Waals surface area (Å²) in [5.41, 5.74) is 2.65. The Bertz CT molecular complexity index is 993. The van der Waals surface area contributed by atoms with Crippen LogP contribution < -0.4 is 10.1 Å². The highest BCUT2D eigenvalue weighted by atomic mass is 32.2. The Balaban J connectivity index is 1.56. The molecule has 3 aromatic carbocycles. The number of nitrogens with one attached hydrogen (secondary N) is 1. The number of anilines is 1. The van der Waals surface area contributed by atoms with Gasteiger partial charge in [0.1, 0.15) is 17.8 Å².